The summed E-state index contributed by atoms with van der Waals surface area (Å²) >= 11 is 0. The Bertz CT molecular complexity index is 1720. The van der Waals surface area contributed by atoms with Crippen molar-refractivity contribution in [1.82, 2.24) is 5.43 Å². The zero-order valence-corrected chi connectivity index (χ0v) is 25.3. The van der Waals surface area contributed by atoms with Crippen molar-refractivity contribution < 1.29 is 22.7 Å². The van der Waals surface area contributed by atoms with E-state index < -0.39 is 22.5 Å². The zero-order valence-electron chi connectivity index (χ0n) is 24.5. The maximum atomic E-state index is 13.6. The van der Waals surface area contributed by atoms with Crippen LogP contribution in [0, 0.1) is 27.7 Å². The average Bonchev–Trinajstić information content (AvgIpc) is 2.98. The molecule has 0 bridgehead atoms. The van der Waals surface area contributed by atoms with Crippen molar-refractivity contribution in [2.75, 3.05) is 22.8 Å². The first-order chi connectivity index (χ1) is 20.5. The Morgan fingerprint density at radius 3 is 2.05 bits per heavy atom. The van der Waals surface area contributed by atoms with Gasteiger partial charge in [0.25, 0.3) is 21.8 Å². The van der Waals surface area contributed by atoms with E-state index in [0.717, 1.165) is 21.0 Å². The third-order valence-electron chi connectivity index (χ3n) is 6.52. The minimum atomic E-state index is -4.04. The summed E-state index contributed by atoms with van der Waals surface area (Å²) < 4.78 is 33.9. The molecule has 9 nitrogen and oxygen atoms in total. The van der Waals surface area contributed by atoms with Gasteiger partial charge in [-0.15, -0.1) is 0 Å². The highest BCUT2D eigenvalue weighted by molar-refractivity contribution is 7.92. The summed E-state index contributed by atoms with van der Waals surface area (Å²) in [6.45, 7) is 6.89. The Hall–Kier alpha value is -4.96. The quantitative estimate of drug-likeness (QED) is 0.180. The molecule has 0 unspecified atom stereocenters. The van der Waals surface area contributed by atoms with Gasteiger partial charge in [0.15, 0.2) is 6.61 Å². The molecule has 10 heteroatoms. The molecule has 0 aliphatic heterocycles. The number of carbonyl (C=O) groups is 2. The Balaban J connectivity index is 1.37. The second-order valence-corrected chi connectivity index (χ2v) is 12.0. The van der Waals surface area contributed by atoms with Gasteiger partial charge in [-0.25, -0.2) is 13.8 Å². The van der Waals surface area contributed by atoms with Crippen LogP contribution in [0.2, 0.25) is 0 Å². The van der Waals surface area contributed by atoms with E-state index in [1.807, 2.05) is 57.2 Å². The highest BCUT2D eigenvalue weighted by Gasteiger charge is 2.28. The second kappa shape index (κ2) is 13.8. The molecule has 0 radical (unpaired) electrons. The number of aryl methyl sites for hydroxylation is 4. The molecule has 4 rings (SSSR count). The molecule has 0 saturated heterocycles. The summed E-state index contributed by atoms with van der Waals surface area (Å²) in [5.41, 5.74) is 7.80. The molecule has 4 aromatic carbocycles. The summed E-state index contributed by atoms with van der Waals surface area (Å²) in [6.07, 6.45) is 1.43. The van der Waals surface area contributed by atoms with Crippen LogP contribution in [-0.2, 0) is 19.6 Å². The fraction of sp³-hybridized carbons (Fsp3) is 0.182. The first kappa shape index (κ1) is 31.0. The van der Waals surface area contributed by atoms with Crippen molar-refractivity contribution in [2.45, 2.75) is 32.6 Å². The third kappa shape index (κ3) is 8.52. The van der Waals surface area contributed by atoms with E-state index in [1.54, 1.807) is 49.4 Å². The lowest BCUT2D eigenvalue weighted by atomic mass is 10.1. The molecular weight excluding hydrogens is 564 g/mol. The number of sulfonamides is 1. The maximum absolute atomic E-state index is 13.6. The lowest BCUT2D eigenvalue weighted by molar-refractivity contribution is -0.119. The van der Waals surface area contributed by atoms with Crippen LogP contribution in [0.15, 0.2) is 101 Å². The normalized spacial score (nSPS) is 11.3. The number of hydrazone groups is 1. The molecule has 4 aromatic rings. The van der Waals surface area contributed by atoms with E-state index in [1.165, 1.54) is 18.3 Å². The number of nitrogens with one attached hydrogen (secondary N) is 2. The number of ether oxygens (including phenoxy) is 1. The number of amides is 2. The molecule has 0 saturated carbocycles. The number of nitrogens with zero attached hydrogens (tertiary/aromatic N) is 2. The van der Waals surface area contributed by atoms with Crippen molar-refractivity contribution in [2.24, 2.45) is 5.10 Å². The molecule has 0 aliphatic rings. The number of carbonyl (C=O) groups excluding carboxylic acids is 2. The molecule has 0 aliphatic carbocycles. The number of hydrogen-bond acceptors (Lipinski definition) is 6. The Labute approximate surface area is 252 Å². The lowest BCUT2D eigenvalue weighted by Gasteiger charge is -2.25. The zero-order chi connectivity index (χ0) is 31.0. The summed E-state index contributed by atoms with van der Waals surface area (Å²) in [4.78, 5) is 25.2. The maximum Gasteiger partial charge on any atom is 0.264 e. The van der Waals surface area contributed by atoms with E-state index >= 15 is 0 Å². The van der Waals surface area contributed by atoms with Gasteiger partial charge in [-0.2, -0.15) is 5.10 Å². The number of anilines is 2. The van der Waals surface area contributed by atoms with Gasteiger partial charge >= 0.3 is 0 Å². The fourth-order valence-corrected chi connectivity index (χ4v) is 5.58. The van der Waals surface area contributed by atoms with Gasteiger partial charge in [0.2, 0.25) is 0 Å². The lowest BCUT2D eigenvalue weighted by Crippen LogP contribution is -2.40. The van der Waals surface area contributed by atoms with E-state index in [-0.39, 0.29) is 17.4 Å². The second-order valence-electron chi connectivity index (χ2n) is 10.2. The van der Waals surface area contributed by atoms with Crippen LogP contribution in [0.25, 0.3) is 0 Å². The Morgan fingerprint density at radius 2 is 1.40 bits per heavy atom. The third-order valence-corrected chi connectivity index (χ3v) is 8.29. The van der Waals surface area contributed by atoms with Crippen LogP contribution in [0.1, 0.15) is 27.8 Å². The van der Waals surface area contributed by atoms with Crippen LogP contribution in [-0.4, -0.2) is 39.6 Å². The van der Waals surface area contributed by atoms with Gasteiger partial charge < -0.3 is 10.1 Å². The molecule has 2 amide bonds. The molecule has 43 heavy (non-hydrogen) atoms. The number of rotatable bonds is 11. The van der Waals surface area contributed by atoms with Crippen LogP contribution in [0.5, 0.6) is 5.75 Å². The molecule has 0 fully saturated rings. The van der Waals surface area contributed by atoms with Crippen molar-refractivity contribution in [3.8, 4) is 5.75 Å². The minimum absolute atomic E-state index is 0.0882. The summed E-state index contributed by atoms with van der Waals surface area (Å²) in [5.74, 6) is -0.394. The Morgan fingerprint density at radius 1 is 0.791 bits per heavy atom. The molecule has 2 N–H and O–H groups in total. The SMILES string of the molecule is Cc1ccc(NC(=O)COc2ccc(/C=N/NC(=O)CN(c3cc(C)ccc3C)S(=O)(=O)c3ccc(C)cc3)cc2)cc1. The van der Waals surface area contributed by atoms with Crippen molar-refractivity contribution >= 4 is 39.4 Å². The van der Waals surface area contributed by atoms with Crippen LogP contribution in [0.4, 0.5) is 11.4 Å². The summed E-state index contributed by atoms with van der Waals surface area (Å²) in [7, 11) is -4.04. The number of benzene rings is 4. The predicted octanol–water partition coefficient (Wildman–Crippen LogP) is 5.28. The van der Waals surface area contributed by atoms with Crippen LogP contribution >= 0.6 is 0 Å². The van der Waals surface area contributed by atoms with Crippen LogP contribution < -0.4 is 19.8 Å². The smallest absolute Gasteiger partial charge is 0.264 e. The summed E-state index contributed by atoms with van der Waals surface area (Å²) in [5, 5.41) is 6.77. The predicted molar refractivity (Wildman–Crippen MR) is 169 cm³/mol. The van der Waals surface area contributed by atoms with Gasteiger partial charge in [-0.05, 0) is 99.0 Å². The van der Waals surface area contributed by atoms with Gasteiger partial charge in [-0.1, -0.05) is 47.5 Å². The highest BCUT2D eigenvalue weighted by atomic mass is 32.2. The molecule has 0 heterocycles. The van der Waals surface area contributed by atoms with Crippen molar-refractivity contribution in [3.05, 3.63) is 119 Å². The van der Waals surface area contributed by atoms with Crippen molar-refractivity contribution in [1.29, 1.82) is 0 Å². The highest BCUT2D eigenvalue weighted by Crippen LogP contribution is 2.28. The first-order valence-corrected chi connectivity index (χ1v) is 15.0. The molecular formula is C33H34N4O5S. The van der Waals surface area contributed by atoms with Crippen molar-refractivity contribution in [3.63, 3.8) is 0 Å². The first-order valence-electron chi connectivity index (χ1n) is 13.6. The largest absolute Gasteiger partial charge is 0.484 e. The van der Waals surface area contributed by atoms with E-state index in [9.17, 15) is 18.0 Å². The Kier molecular flexibility index (Phi) is 9.95. The monoisotopic (exact) mass is 598 g/mol. The van der Waals surface area contributed by atoms with E-state index in [2.05, 4.69) is 15.8 Å². The minimum Gasteiger partial charge on any atom is -0.484 e. The van der Waals surface area contributed by atoms with Crippen LogP contribution in [0.3, 0.4) is 0 Å². The summed E-state index contributed by atoms with van der Waals surface area (Å²) in [6, 6.07) is 26.2. The molecule has 0 atom stereocenters. The molecule has 222 valence electrons. The van der Waals surface area contributed by atoms with Gasteiger partial charge in [0.05, 0.1) is 16.8 Å². The number of hydrogen-bond donors (Lipinski definition) is 2. The molecule has 0 aromatic heterocycles. The van der Waals surface area contributed by atoms with Gasteiger partial charge in [0.1, 0.15) is 12.3 Å². The van der Waals surface area contributed by atoms with E-state index in [0.29, 0.717) is 28.3 Å². The topological polar surface area (TPSA) is 117 Å². The fourth-order valence-electron chi connectivity index (χ4n) is 4.10. The molecule has 0 spiro atoms. The average molecular weight is 599 g/mol. The van der Waals surface area contributed by atoms with E-state index in [4.69, 9.17) is 4.74 Å². The standard InChI is InChI=1S/C33H34N4O5S/c1-23-6-13-28(14-7-23)35-33(39)22-42-29-15-11-27(12-16-29)20-34-36-32(38)21-37(31-19-25(3)5-10-26(31)4)43(40,41)30-17-8-24(2)9-18-30/h5-20H,21-22H2,1-4H3,(H,35,39)(H,36,38)/b34-20+. The van der Waals surface area contributed by atoms with Gasteiger partial charge in [0, 0.05) is 5.69 Å². The van der Waals surface area contributed by atoms with Gasteiger partial charge in [-0.3, -0.25) is 13.9 Å².